The summed E-state index contributed by atoms with van der Waals surface area (Å²) in [5.41, 5.74) is 5.49. The van der Waals surface area contributed by atoms with Crippen molar-refractivity contribution in [3.8, 4) is 5.75 Å². The Bertz CT molecular complexity index is 2630. The predicted octanol–water partition coefficient (Wildman–Crippen LogP) is 5.43. The van der Waals surface area contributed by atoms with Gasteiger partial charge in [-0.1, -0.05) is 72.0 Å². The topological polar surface area (TPSA) is 126 Å². The second-order valence-corrected chi connectivity index (χ2v) is 14.4. The predicted molar refractivity (Wildman–Crippen MR) is 183 cm³/mol. The minimum absolute atomic E-state index is 0.214. The van der Waals surface area contributed by atoms with Crippen LogP contribution in [-0.2, 0) is 16.4 Å². The zero-order valence-corrected chi connectivity index (χ0v) is 27.1. The van der Waals surface area contributed by atoms with Crippen LogP contribution in [0.2, 0.25) is 0 Å². The number of methoxy groups -OCH3 is 1. The van der Waals surface area contributed by atoms with Crippen molar-refractivity contribution >= 4 is 49.7 Å². The molecular formula is C36H26N4O6S2. The maximum absolute atomic E-state index is 14.4. The molecule has 0 radical (unpaired) electrons. The van der Waals surface area contributed by atoms with Crippen LogP contribution in [0.3, 0.4) is 0 Å². The van der Waals surface area contributed by atoms with Crippen LogP contribution in [0.5, 0.6) is 5.75 Å². The van der Waals surface area contributed by atoms with Gasteiger partial charge >= 0.3 is 0 Å². The van der Waals surface area contributed by atoms with Gasteiger partial charge in [0.1, 0.15) is 5.75 Å². The normalized spacial score (nSPS) is 15.9. The highest BCUT2D eigenvalue weighted by Crippen LogP contribution is 2.41. The third-order valence-corrected chi connectivity index (χ3v) is 11.5. The van der Waals surface area contributed by atoms with Crippen molar-refractivity contribution in [2.24, 2.45) is 4.99 Å². The SMILES string of the molecule is COc1ccc([C@H]2C3=C(N=c4s/c(=C/c5cn(S(=O)(=O)c6cccc([N+](=O)[O-])c6)c6ccccc56)c(=O)n42)c2ccccc2CC3)cc1. The van der Waals surface area contributed by atoms with Crippen LogP contribution < -0.4 is 19.6 Å². The number of aromatic nitrogens is 2. The molecule has 0 saturated carbocycles. The van der Waals surface area contributed by atoms with Gasteiger partial charge in [0.25, 0.3) is 21.3 Å². The van der Waals surface area contributed by atoms with E-state index in [-0.39, 0.29) is 22.2 Å². The van der Waals surface area contributed by atoms with E-state index in [1.165, 1.54) is 41.3 Å². The van der Waals surface area contributed by atoms with Crippen LogP contribution >= 0.6 is 11.3 Å². The molecule has 4 aromatic carbocycles. The van der Waals surface area contributed by atoms with Crippen LogP contribution in [0.1, 0.15) is 34.7 Å². The number of para-hydroxylation sites is 1. The van der Waals surface area contributed by atoms with Crippen LogP contribution in [0.15, 0.2) is 124 Å². The fourth-order valence-electron chi connectivity index (χ4n) is 6.61. The fourth-order valence-corrected chi connectivity index (χ4v) is 9.02. The first-order chi connectivity index (χ1) is 23.2. The summed E-state index contributed by atoms with van der Waals surface area (Å²) in [5.74, 6) is 0.714. The van der Waals surface area contributed by atoms with Gasteiger partial charge in [-0.3, -0.25) is 19.5 Å². The average Bonchev–Trinajstić information content (AvgIpc) is 3.64. The summed E-state index contributed by atoms with van der Waals surface area (Å²) in [6.07, 6.45) is 4.74. The van der Waals surface area contributed by atoms with E-state index < -0.39 is 14.9 Å². The van der Waals surface area contributed by atoms with E-state index in [0.29, 0.717) is 31.5 Å². The van der Waals surface area contributed by atoms with Crippen molar-refractivity contribution in [3.05, 3.63) is 161 Å². The largest absolute Gasteiger partial charge is 0.497 e. The quantitative estimate of drug-likeness (QED) is 0.172. The number of nitrogens with zero attached hydrogens (tertiary/aromatic N) is 4. The minimum Gasteiger partial charge on any atom is -0.497 e. The molecule has 12 heteroatoms. The Balaban J connectivity index is 1.33. The van der Waals surface area contributed by atoms with E-state index in [1.807, 2.05) is 36.4 Å². The molecule has 0 spiro atoms. The molecule has 0 bridgehead atoms. The number of fused-ring (bicyclic) bond motifs is 4. The summed E-state index contributed by atoms with van der Waals surface area (Å²) in [4.78, 5) is 30.5. The second kappa shape index (κ2) is 11.3. The lowest BCUT2D eigenvalue weighted by Gasteiger charge is -2.30. The van der Waals surface area contributed by atoms with Crippen LogP contribution in [0, 0.1) is 10.1 Å². The van der Waals surface area contributed by atoms with E-state index in [2.05, 4.69) is 12.1 Å². The van der Waals surface area contributed by atoms with E-state index in [0.717, 1.165) is 45.3 Å². The Hall–Kier alpha value is -5.59. The summed E-state index contributed by atoms with van der Waals surface area (Å²) >= 11 is 1.26. The number of ether oxygens (including phenoxy) is 1. The van der Waals surface area contributed by atoms with Gasteiger partial charge in [-0.15, -0.1) is 0 Å². The molecule has 1 aliphatic heterocycles. The standard InChI is InChI=1S/C36H26N4O6S2/c1-46-26-16-13-23(14-17-26)34-30-18-15-22-7-2-3-11-29(22)33(30)37-36-39(34)35(41)32(47-36)19-24-21-38(31-12-5-4-10-28(24)31)48(44,45)27-9-6-8-25(20-27)40(42)43/h2-14,16-17,19-21,34H,15,18H2,1H3/b32-19+/t34-/m0/s1. The lowest BCUT2D eigenvalue weighted by Crippen LogP contribution is -2.38. The summed E-state index contributed by atoms with van der Waals surface area (Å²) in [7, 11) is -2.61. The number of thiazole rings is 1. The van der Waals surface area contributed by atoms with Crippen LogP contribution in [-0.4, -0.2) is 29.0 Å². The van der Waals surface area contributed by atoms with E-state index >= 15 is 0 Å². The van der Waals surface area contributed by atoms with Crippen LogP contribution in [0.25, 0.3) is 22.7 Å². The Morgan fingerprint density at radius 3 is 2.54 bits per heavy atom. The number of benzene rings is 4. The van der Waals surface area contributed by atoms with Crippen molar-refractivity contribution in [1.82, 2.24) is 8.54 Å². The molecule has 10 nitrogen and oxygen atoms in total. The van der Waals surface area contributed by atoms with E-state index in [4.69, 9.17) is 9.73 Å². The van der Waals surface area contributed by atoms with Crippen molar-refractivity contribution in [3.63, 3.8) is 0 Å². The molecule has 3 heterocycles. The summed E-state index contributed by atoms with van der Waals surface area (Å²) in [6, 6.07) is 27.5. The van der Waals surface area contributed by atoms with Crippen molar-refractivity contribution < 1.29 is 18.1 Å². The van der Waals surface area contributed by atoms with E-state index in [1.54, 1.807) is 42.0 Å². The first kappa shape index (κ1) is 29.8. The van der Waals surface area contributed by atoms with Gasteiger partial charge in [-0.2, -0.15) is 0 Å². The Kier molecular flexibility index (Phi) is 7.00. The molecule has 0 N–H and O–H groups in total. The maximum Gasteiger partial charge on any atom is 0.271 e. The Morgan fingerprint density at radius 2 is 1.75 bits per heavy atom. The Morgan fingerprint density at radius 1 is 0.979 bits per heavy atom. The van der Waals surface area contributed by atoms with Crippen molar-refractivity contribution in [2.45, 2.75) is 23.8 Å². The van der Waals surface area contributed by atoms with Gasteiger partial charge in [0.2, 0.25) is 0 Å². The minimum atomic E-state index is -4.22. The van der Waals surface area contributed by atoms with Crippen molar-refractivity contribution in [1.29, 1.82) is 0 Å². The van der Waals surface area contributed by atoms with Gasteiger partial charge in [0, 0.05) is 34.8 Å². The summed E-state index contributed by atoms with van der Waals surface area (Å²) in [6.45, 7) is 0. The number of nitro groups is 1. The highest BCUT2D eigenvalue weighted by Gasteiger charge is 2.33. The molecule has 2 aliphatic rings. The molecule has 2 aromatic heterocycles. The number of rotatable bonds is 6. The summed E-state index contributed by atoms with van der Waals surface area (Å²) < 4.78 is 36.3. The van der Waals surface area contributed by atoms with Gasteiger partial charge in [0.15, 0.2) is 4.80 Å². The van der Waals surface area contributed by atoms with Gasteiger partial charge in [-0.25, -0.2) is 17.4 Å². The molecule has 0 fully saturated rings. The number of hydrogen-bond donors (Lipinski definition) is 0. The third-order valence-electron chi connectivity index (χ3n) is 8.89. The highest BCUT2D eigenvalue weighted by atomic mass is 32.2. The zero-order valence-electron chi connectivity index (χ0n) is 25.4. The highest BCUT2D eigenvalue weighted by molar-refractivity contribution is 7.90. The first-order valence-corrected chi connectivity index (χ1v) is 17.4. The summed E-state index contributed by atoms with van der Waals surface area (Å²) in [5, 5.41) is 12.0. The van der Waals surface area contributed by atoms with Crippen LogP contribution in [0.4, 0.5) is 5.69 Å². The molecule has 8 rings (SSSR count). The molecule has 0 amide bonds. The third kappa shape index (κ3) is 4.71. The second-order valence-electron chi connectivity index (χ2n) is 11.5. The molecule has 238 valence electrons. The molecule has 1 atom stereocenters. The first-order valence-electron chi connectivity index (χ1n) is 15.1. The molecule has 1 aliphatic carbocycles. The van der Waals surface area contributed by atoms with Gasteiger partial charge in [-0.05, 0) is 59.9 Å². The van der Waals surface area contributed by atoms with Crippen molar-refractivity contribution in [2.75, 3.05) is 7.11 Å². The smallest absolute Gasteiger partial charge is 0.271 e. The van der Waals surface area contributed by atoms with E-state index in [9.17, 15) is 23.3 Å². The molecule has 48 heavy (non-hydrogen) atoms. The monoisotopic (exact) mass is 674 g/mol. The zero-order chi connectivity index (χ0) is 33.2. The molecule has 0 unspecified atom stereocenters. The molecular weight excluding hydrogens is 649 g/mol. The number of nitro benzene ring substituents is 1. The molecule has 0 saturated heterocycles. The maximum atomic E-state index is 14.4. The average molecular weight is 675 g/mol. The molecule has 6 aromatic rings. The Labute approximate surface area is 278 Å². The van der Waals surface area contributed by atoms with Gasteiger partial charge < -0.3 is 4.74 Å². The number of non-ortho nitro benzene ring substituents is 1. The number of aryl methyl sites for hydroxylation is 1. The van der Waals surface area contributed by atoms with Gasteiger partial charge in [0.05, 0.1) is 38.7 Å². The lowest BCUT2D eigenvalue weighted by atomic mass is 9.83. The number of allylic oxidation sites excluding steroid dienone is 1. The fraction of sp³-hybridized carbons (Fsp3) is 0.111. The lowest BCUT2D eigenvalue weighted by molar-refractivity contribution is -0.385. The number of hydrogen-bond acceptors (Lipinski definition) is 8.